The number of hydrogen-bond acceptors (Lipinski definition) is 4. The van der Waals surface area contributed by atoms with Crippen LogP contribution in [-0.4, -0.2) is 20.7 Å². The van der Waals surface area contributed by atoms with Gasteiger partial charge in [0, 0.05) is 28.8 Å². The average Bonchev–Trinajstić information content (AvgIpc) is 3.10. The van der Waals surface area contributed by atoms with Crippen LogP contribution in [0.1, 0.15) is 29.4 Å². The van der Waals surface area contributed by atoms with Crippen LogP contribution < -0.4 is 5.32 Å². The van der Waals surface area contributed by atoms with E-state index in [4.69, 9.17) is 0 Å². The molecule has 0 saturated carbocycles. The number of pyridine rings is 1. The fourth-order valence-electron chi connectivity index (χ4n) is 3.07. The van der Waals surface area contributed by atoms with E-state index in [-0.39, 0.29) is 18.2 Å². The van der Waals surface area contributed by atoms with Crippen LogP contribution in [-0.2, 0) is 0 Å². The highest BCUT2D eigenvalue weighted by molar-refractivity contribution is 6.10. The molecule has 0 unspecified atom stereocenters. The summed E-state index contributed by atoms with van der Waals surface area (Å²) in [4.78, 5) is 23.9. The van der Waals surface area contributed by atoms with Gasteiger partial charge in [-0.15, -0.1) is 12.4 Å². The molecule has 4 rings (SSSR count). The van der Waals surface area contributed by atoms with E-state index in [9.17, 15) is 4.79 Å². The fourth-order valence-corrected chi connectivity index (χ4v) is 3.07. The van der Waals surface area contributed by atoms with Crippen LogP contribution in [0, 0.1) is 6.92 Å². The first-order valence-corrected chi connectivity index (χ1v) is 8.29. The quantitative estimate of drug-likeness (QED) is 0.488. The first-order chi connectivity index (χ1) is 12.2. The van der Waals surface area contributed by atoms with Gasteiger partial charge in [-0.3, -0.25) is 9.78 Å². The minimum Gasteiger partial charge on any atom is -0.355 e. The van der Waals surface area contributed by atoms with Crippen LogP contribution in [0.25, 0.3) is 21.9 Å². The zero-order valence-corrected chi connectivity index (χ0v) is 15.4. The molecule has 2 heterocycles. The second-order valence-electron chi connectivity index (χ2n) is 6.05. The van der Waals surface area contributed by atoms with E-state index >= 15 is 0 Å². The normalized spacial score (nSPS) is 10.7. The molecule has 0 saturated heterocycles. The molecule has 0 aliphatic rings. The van der Waals surface area contributed by atoms with Gasteiger partial charge in [0.25, 0.3) is 0 Å². The molecule has 26 heavy (non-hydrogen) atoms. The Hall–Kier alpha value is -2.92. The van der Waals surface area contributed by atoms with Crippen molar-refractivity contribution in [3.8, 4) is 0 Å². The molecule has 4 aromatic rings. The lowest BCUT2D eigenvalue weighted by Crippen LogP contribution is -1.98. The van der Waals surface area contributed by atoms with Crippen molar-refractivity contribution in [1.82, 2.24) is 15.0 Å². The number of imidazole rings is 1. The molecule has 0 atom stereocenters. The number of halogens is 1. The van der Waals surface area contributed by atoms with E-state index in [0.29, 0.717) is 6.42 Å². The van der Waals surface area contributed by atoms with Crippen molar-refractivity contribution in [2.75, 3.05) is 5.32 Å². The highest BCUT2D eigenvalue weighted by Crippen LogP contribution is 2.31. The Morgan fingerprint density at radius 1 is 1.12 bits per heavy atom. The van der Waals surface area contributed by atoms with Crippen LogP contribution in [0.4, 0.5) is 11.4 Å². The molecular formula is C20H19ClN4O. The van der Waals surface area contributed by atoms with Gasteiger partial charge in [-0.25, -0.2) is 4.98 Å². The van der Waals surface area contributed by atoms with Gasteiger partial charge in [0.2, 0.25) is 0 Å². The number of H-pyrrole nitrogens is 1. The Morgan fingerprint density at radius 3 is 2.58 bits per heavy atom. The zero-order valence-electron chi connectivity index (χ0n) is 14.5. The summed E-state index contributed by atoms with van der Waals surface area (Å²) in [6.07, 6.45) is 2.21. The third kappa shape index (κ3) is 3.13. The van der Waals surface area contributed by atoms with Crippen molar-refractivity contribution in [1.29, 1.82) is 0 Å². The maximum absolute atomic E-state index is 11.8. The second-order valence-corrected chi connectivity index (χ2v) is 6.05. The van der Waals surface area contributed by atoms with Gasteiger partial charge in [-0.1, -0.05) is 6.92 Å². The topological polar surface area (TPSA) is 70.7 Å². The number of Topliss-reactive ketones (excluding diaryl/α,β-unsaturated/α-hetero) is 1. The van der Waals surface area contributed by atoms with Crippen LogP contribution in [0.5, 0.6) is 0 Å². The lowest BCUT2D eigenvalue weighted by atomic mass is 10.1. The number of benzene rings is 2. The standard InChI is InChI=1S/C20H18N4O.ClH/c1-3-18(25)13-4-6-14(7-5-13)24-17-10-12(2)23-15-8-9-16-20(19(15)17)22-11-21-16;/h4-11H,3H2,1-2H3,(H,21,22)(H,23,24);1H. The molecule has 0 amide bonds. The SMILES string of the molecule is CCC(=O)c1ccc(Nc2cc(C)nc3ccc4nc[nH]c4c23)cc1.Cl. The minimum atomic E-state index is 0. The number of hydrogen-bond donors (Lipinski definition) is 2. The van der Waals surface area contributed by atoms with E-state index in [1.807, 2.05) is 56.3 Å². The summed E-state index contributed by atoms with van der Waals surface area (Å²) in [5, 5.41) is 4.46. The highest BCUT2D eigenvalue weighted by Gasteiger charge is 2.11. The molecular weight excluding hydrogens is 348 g/mol. The number of aromatic nitrogens is 3. The molecule has 5 nitrogen and oxygen atoms in total. The molecule has 6 heteroatoms. The van der Waals surface area contributed by atoms with Crippen LogP contribution in [0.3, 0.4) is 0 Å². The highest BCUT2D eigenvalue weighted by atomic mass is 35.5. The van der Waals surface area contributed by atoms with E-state index in [1.165, 1.54) is 0 Å². The first kappa shape index (κ1) is 17.9. The first-order valence-electron chi connectivity index (χ1n) is 8.29. The smallest absolute Gasteiger partial charge is 0.162 e. The molecule has 0 radical (unpaired) electrons. The number of nitrogens with zero attached hydrogens (tertiary/aromatic N) is 2. The Kier molecular flexibility index (Phi) is 4.91. The summed E-state index contributed by atoms with van der Waals surface area (Å²) in [6, 6.07) is 13.5. The molecule has 132 valence electrons. The van der Waals surface area contributed by atoms with Gasteiger partial charge in [0.15, 0.2) is 5.78 Å². The number of carbonyl (C=O) groups is 1. The molecule has 2 N–H and O–H groups in total. The van der Waals surface area contributed by atoms with Gasteiger partial charge in [-0.2, -0.15) is 0 Å². The van der Waals surface area contributed by atoms with E-state index < -0.39 is 0 Å². The van der Waals surface area contributed by atoms with Gasteiger partial charge in [0.1, 0.15) is 0 Å². The predicted molar refractivity (Wildman–Crippen MR) is 108 cm³/mol. The number of aromatic amines is 1. The number of fused-ring (bicyclic) bond motifs is 3. The van der Waals surface area contributed by atoms with E-state index in [1.54, 1.807) is 6.33 Å². The summed E-state index contributed by atoms with van der Waals surface area (Å²) in [7, 11) is 0. The number of aryl methyl sites for hydroxylation is 1. The van der Waals surface area contributed by atoms with Crippen molar-refractivity contribution in [2.45, 2.75) is 20.3 Å². The van der Waals surface area contributed by atoms with Crippen LogP contribution >= 0.6 is 12.4 Å². The number of carbonyl (C=O) groups excluding carboxylic acids is 1. The molecule has 0 bridgehead atoms. The maximum Gasteiger partial charge on any atom is 0.162 e. The average molecular weight is 367 g/mol. The van der Waals surface area contributed by atoms with Crippen molar-refractivity contribution in [3.05, 3.63) is 60.0 Å². The van der Waals surface area contributed by atoms with Gasteiger partial charge < -0.3 is 10.3 Å². The molecule has 0 spiro atoms. The summed E-state index contributed by atoms with van der Waals surface area (Å²) < 4.78 is 0. The lowest BCUT2D eigenvalue weighted by Gasteiger charge is -2.12. The molecule has 0 aliphatic heterocycles. The third-order valence-corrected chi connectivity index (χ3v) is 4.30. The fraction of sp³-hybridized carbons (Fsp3) is 0.150. The van der Waals surface area contributed by atoms with Gasteiger partial charge in [-0.05, 0) is 49.4 Å². The Labute approximate surface area is 157 Å². The van der Waals surface area contributed by atoms with Gasteiger partial charge in [0.05, 0.1) is 28.6 Å². The summed E-state index contributed by atoms with van der Waals surface area (Å²) >= 11 is 0. The number of ketones is 1. The lowest BCUT2D eigenvalue weighted by molar-refractivity contribution is 0.0988. The van der Waals surface area contributed by atoms with Gasteiger partial charge >= 0.3 is 0 Å². The monoisotopic (exact) mass is 366 g/mol. The van der Waals surface area contributed by atoms with Crippen LogP contribution in [0.2, 0.25) is 0 Å². The molecule has 2 aromatic carbocycles. The predicted octanol–water partition coefficient (Wildman–Crippen LogP) is 5.18. The second kappa shape index (κ2) is 7.14. The van der Waals surface area contributed by atoms with E-state index in [0.717, 1.165) is 44.6 Å². The minimum absolute atomic E-state index is 0. The maximum atomic E-state index is 11.8. The number of rotatable bonds is 4. The van der Waals surface area contributed by atoms with Crippen molar-refractivity contribution >= 4 is 51.5 Å². The summed E-state index contributed by atoms with van der Waals surface area (Å²) in [6.45, 7) is 3.85. The Morgan fingerprint density at radius 2 is 1.85 bits per heavy atom. The van der Waals surface area contributed by atoms with Crippen LogP contribution in [0.15, 0.2) is 48.8 Å². The summed E-state index contributed by atoms with van der Waals surface area (Å²) in [5.74, 6) is 0.149. The Bertz CT molecular complexity index is 1090. The number of nitrogens with one attached hydrogen (secondary N) is 2. The zero-order chi connectivity index (χ0) is 17.4. The van der Waals surface area contributed by atoms with Crippen molar-refractivity contribution < 1.29 is 4.79 Å². The Balaban J connectivity index is 0.00000196. The van der Waals surface area contributed by atoms with Crippen molar-refractivity contribution in [2.24, 2.45) is 0 Å². The number of anilines is 2. The van der Waals surface area contributed by atoms with Crippen molar-refractivity contribution in [3.63, 3.8) is 0 Å². The molecule has 0 aliphatic carbocycles. The molecule has 0 fully saturated rings. The largest absolute Gasteiger partial charge is 0.355 e. The van der Waals surface area contributed by atoms with E-state index in [2.05, 4.69) is 20.3 Å². The molecule has 2 aromatic heterocycles. The summed E-state index contributed by atoms with van der Waals surface area (Å²) in [5.41, 5.74) is 6.35. The third-order valence-electron chi connectivity index (χ3n) is 4.30.